The highest BCUT2D eigenvalue weighted by atomic mass is 35.5. The topological polar surface area (TPSA) is 38.8 Å². The van der Waals surface area contributed by atoms with E-state index in [0.717, 1.165) is 11.6 Å². The van der Waals surface area contributed by atoms with Crippen LogP contribution in [0.15, 0.2) is 36.4 Å². The molecule has 1 spiro atoms. The zero-order chi connectivity index (χ0) is 24.7. The number of carbonyl (C=O) groups is 1. The summed E-state index contributed by atoms with van der Waals surface area (Å²) in [6.07, 6.45) is -7.18. The fraction of sp³-hybridized carbons (Fsp3) is 0.435. The Morgan fingerprint density at radius 3 is 2.41 bits per heavy atom. The van der Waals surface area contributed by atoms with Gasteiger partial charge in [0.15, 0.2) is 5.79 Å². The Morgan fingerprint density at radius 1 is 1.09 bits per heavy atom. The molecular weight excluding hydrogens is 504 g/mol. The van der Waals surface area contributed by atoms with Gasteiger partial charge in [0.05, 0.1) is 28.8 Å². The molecule has 2 aliphatic rings. The number of benzene rings is 2. The Hall–Kier alpha value is -1.94. The van der Waals surface area contributed by atoms with Crippen LogP contribution in [0.25, 0.3) is 0 Å². The van der Waals surface area contributed by atoms with Crippen LogP contribution in [0.3, 0.4) is 0 Å². The molecule has 34 heavy (non-hydrogen) atoms. The number of alkyl halides is 5. The molecule has 2 fully saturated rings. The Labute approximate surface area is 202 Å². The van der Waals surface area contributed by atoms with Gasteiger partial charge in [-0.05, 0) is 42.3 Å². The average Bonchev–Trinajstić information content (AvgIpc) is 3.22. The number of carbonyl (C=O) groups excluding carboxylic acids is 1. The fourth-order valence-corrected chi connectivity index (χ4v) is 4.74. The first-order valence-electron chi connectivity index (χ1n) is 10.5. The second-order valence-corrected chi connectivity index (χ2v) is 9.12. The van der Waals surface area contributed by atoms with Crippen LogP contribution in [0.4, 0.5) is 22.0 Å². The first kappa shape index (κ1) is 25.2. The van der Waals surface area contributed by atoms with Crippen LogP contribution in [0.2, 0.25) is 10.0 Å². The molecule has 0 bridgehead atoms. The first-order valence-corrected chi connectivity index (χ1v) is 11.3. The summed E-state index contributed by atoms with van der Waals surface area (Å²) in [5.41, 5.74) is -1.88. The molecule has 4 rings (SSSR count). The molecule has 0 aromatic heterocycles. The molecule has 0 radical (unpaired) electrons. The maximum atomic E-state index is 13.4. The first-order chi connectivity index (χ1) is 16.0. The van der Waals surface area contributed by atoms with Crippen LogP contribution in [0.5, 0.6) is 0 Å². The number of amides is 1. The molecule has 1 unspecified atom stereocenters. The summed E-state index contributed by atoms with van der Waals surface area (Å²) in [5.74, 6) is -1.68. The van der Waals surface area contributed by atoms with Crippen molar-refractivity contribution in [1.82, 2.24) is 4.90 Å². The predicted molar refractivity (Wildman–Crippen MR) is 115 cm³/mol. The number of halogens is 7. The summed E-state index contributed by atoms with van der Waals surface area (Å²) in [5, 5.41) is 0.666. The molecule has 1 atom stereocenters. The van der Waals surface area contributed by atoms with Crippen LogP contribution in [0.1, 0.15) is 46.3 Å². The van der Waals surface area contributed by atoms with Crippen LogP contribution < -0.4 is 0 Å². The monoisotopic (exact) mass is 523 g/mol. The van der Waals surface area contributed by atoms with Gasteiger partial charge in [-0.2, -0.15) is 13.2 Å². The molecule has 0 N–H and O–H groups in total. The van der Waals surface area contributed by atoms with Gasteiger partial charge in [0.2, 0.25) is 0 Å². The van der Waals surface area contributed by atoms with Crippen molar-refractivity contribution in [3.8, 4) is 0 Å². The summed E-state index contributed by atoms with van der Waals surface area (Å²) in [4.78, 5) is 14.8. The van der Waals surface area contributed by atoms with Gasteiger partial charge < -0.3 is 14.4 Å². The second-order valence-electron chi connectivity index (χ2n) is 8.31. The fourth-order valence-electron chi connectivity index (χ4n) is 4.42. The Bertz CT molecular complexity index is 1070. The largest absolute Gasteiger partial charge is 0.416 e. The zero-order valence-electron chi connectivity index (χ0n) is 17.7. The third kappa shape index (κ3) is 5.32. The Balaban J connectivity index is 1.68. The third-order valence-electron chi connectivity index (χ3n) is 6.03. The minimum atomic E-state index is -4.88. The Morgan fingerprint density at radius 2 is 1.79 bits per heavy atom. The summed E-state index contributed by atoms with van der Waals surface area (Å²) in [6, 6.07) is 6.22. The summed E-state index contributed by atoms with van der Waals surface area (Å²) in [7, 11) is 0. The maximum absolute atomic E-state index is 13.4. The molecular formula is C23H20Cl2F5NO3. The summed E-state index contributed by atoms with van der Waals surface area (Å²) < 4.78 is 78.2. The molecule has 0 saturated carbocycles. The quantitative estimate of drug-likeness (QED) is 0.427. The molecule has 4 nitrogen and oxygen atoms in total. The normalized spacial score (nSPS) is 20.4. The molecule has 184 valence electrons. The average molecular weight is 524 g/mol. The summed E-state index contributed by atoms with van der Waals surface area (Å²) in [6.45, 7) is 0.892. The number of rotatable bonds is 4. The minimum absolute atomic E-state index is 0.116. The van der Waals surface area contributed by atoms with E-state index in [1.165, 1.54) is 4.90 Å². The van der Waals surface area contributed by atoms with Gasteiger partial charge in [-0.15, -0.1) is 0 Å². The number of ether oxygens (including phenoxy) is 2. The van der Waals surface area contributed by atoms with E-state index in [4.69, 9.17) is 32.7 Å². The zero-order valence-corrected chi connectivity index (χ0v) is 19.2. The van der Waals surface area contributed by atoms with E-state index in [0.29, 0.717) is 41.8 Å². The third-order valence-corrected chi connectivity index (χ3v) is 6.77. The van der Waals surface area contributed by atoms with Crippen LogP contribution in [-0.2, 0) is 22.1 Å². The lowest BCUT2D eigenvalue weighted by molar-refractivity contribution is -0.191. The smallest absolute Gasteiger partial charge is 0.347 e. The van der Waals surface area contributed by atoms with Crippen LogP contribution in [-0.4, -0.2) is 42.4 Å². The van der Waals surface area contributed by atoms with Gasteiger partial charge in [0.1, 0.15) is 0 Å². The second kappa shape index (κ2) is 9.60. The van der Waals surface area contributed by atoms with Crippen molar-refractivity contribution in [2.45, 2.75) is 43.7 Å². The van der Waals surface area contributed by atoms with Crippen molar-refractivity contribution in [3.63, 3.8) is 0 Å². The Kier molecular flexibility index (Phi) is 7.11. The van der Waals surface area contributed by atoms with Gasteiger partial charge >= 0.3 is 6.18 Å². The van der Waals surface area contributed by atoms with Crippen molar-refractivity contribution >= 4 is 29.1 Å². The van der Waals surface area contributed by atoms with Crippen molar-refractivity contribution in [2.24, 2.45) is 0 Å². The summed E-state index contributed by atoms with van der Waals surface area (Å²) >= 11 is 12.1. The lowest BCUT2D eigenvalue weighted by atomic mass is 9.90. The van der Waals surface area contributed by atoms with E-state index < -0.39 is 47.0 Å². The van der Waals surface area contributed by atoms with E-state index >= 15 is 0 Å². The maximum Gasteiger partial charge on any atom is 0.416 e. The lowest BCUT2D eigenvalue weighted by Gasteiger charge is -2.43. The van der Waals surface area contributed by atoms with Crippen molar-refractivity contribution in [3.05, 3.63) is 68.7 Å². The SMILES string of the molecule is O=C(c1cc(C(F)F)cc(C(F)(F)F)c1)N1CCC2(CC1Cc1ccc(Cl)c(Cl)c1)OCCO2. The van der Waals surface area contributed by atoms with Crippen LogP contribution in [0, 0.1) is 0 Å². The van der Waals surface area contributed by atoms with E-state index in [2.05, 4.69) is 0 Å². The van der Waals surface area contributed by atoms with Gasteiger partial charge in [-0.25, -0.2) is 8.78 Å². The number of hydrogen-bond acceptors (Lipinski definition) is 3. The molecule has 2 aromatic carbocycles. The molecule has 1 amide bonds. The molecule has 2 aliphatic heterocycles. The highest BCUT2D eigenvalue weighted by Crippen LogP contribution is 2.38. The predicted octanol–water partition coefficient (Wildman–Crippen LogP) is 6.54. The molecule has 2 aromatic rings. The van der Waals surface area contributed by atoms with Crippen molar-refractivity contribution in [2.75, 3.05) is 19.8 Å². The van der Waals surface area contributed by atoms with Crippen molar-refractivity contribution < 1.29 is 36.2 Å². The number of hydrogen-bond donors (Lipinski definition) is 0. The number of likely N-dealkylation sites (tertiary alicyclic amines) is 1. The van der Waals surface area contributed by atoms with Gasteiger partial charge in [-0.3, -0.25) is 4.79 Å². The van der Waals surface area contributed by atoms with Crippen LogP contribution >= 0.6 is 23.2 Å². The highest BCUT2D eigenvalue weighted by Gasteiger charge is 2.46. The minimum Gasteiger partial charge on any atom is -0.347 e. The molecule has 2 heterocycles. The molecule has 0 aliphatic carbocycles. The van der Waals surface area contributed by atoms with E-state index in [-0.39, 0.29) is 19.4 Å². The molecule has 11 heteroatoms. The van der Waals surface area contributed by atoms with E-state index in [1.807, 2.05) is 0 Å². The lowest BCUT2D eigenvalue weighted by Crippen LogP contribution is -2.54. The highest BCUT2D eigenvalue weighted by molar-refractivity contribution is 6.42. The number of nitrogens with zero attached hydrogens (tertiary/aromatic N) is 1. The van der Waals surface area contributed by atoms with Gasteiger partial charge in [-0.1, -0.05) is 29.3 Å². The number of piperidine rings is 1. The standard InChI is InChI=1S/C23H20Cl2F5NO3/c24-18-2-1-13(8-19(18)25)7-17-12-22(33-5-6-34-22)3-4-31(17)21(32)15-9-14(20(26)27)10-16(11-15)23(28,29)30/h1-2,8-11,17,20H,3-7,12H2. The van der Waals surface area contributed by atoms with Crippen molar-refractivity contribution in [1.29, 1.82) is 0 Å². The van der Waals surface area contributed by atoms with E-state index in [1.54, 1.807) is 18.2 Å². The van der Waals surface area contributed by atoms with Gasteiger partial charge in [0.25, 0.3) is 12.3 Å². The molecule has 2 saturated heterocycles. The van der Waals surface area contributed by atoms with E-state index in [9.17, 15) is 26.7 Å². The van der Waals surface area contributed by atoms with Gasteiger partial charge in [0, 0.05) is 36.6 Å².